The Morgan fingerprint density at radius 2 is 2.17 bits per heavy atom. The van der Waals surface area contributed by atoms with Gasteiger partial charge >= 0.3 is 0 Å². The van der Waals surface area contributed by atoms with Gasteiger partial charge in [-0.15, -0.1) is 0 Å². The summed E-state index contributed by atoms with van der Waals surface area (Å²) in [5.41, 5.74) is 7.98. The van der Waals surface area contributed by atoms with Crippen LogP contribution in [0, 0.1) is 6.92 Å². The second-order valence-electron chi connectivity index (χ2n) is 4.64. The second kappa shape index (κ2) is 5.28. The van der Waals surface area contributed by atoms with Crippen molar-refractivity contribution in [1.29, 1.82) is 0 Å². The van der Waals surface area contributed by atoms with Crippen molar-refractivity contribution in [3.63, 3.8) is 0 Å². The van der Waals surface area contributed by atoms with Crippen molar-refractivity contribution >= 4 is 27.5 Å². The Morgan fingerprint density at radius 1 is 1.44 bits per heavy atom. The summed E-state index contributed by atoms with van der Waals surface area (Å²) in [6.07, 6.45) is 0. The third-order valence-corrected chi connectivity index (χ3v) is 4.30. The Balaban J connectivity index is 2.31. The third-order valence-electron chi connectivity index (χ3n) is 3.41. The Kier molecular flexibility index (Phi) is 3.92. The number of piperazine rings is 1. The van der Waals surface area contributed by atoms with Crippen LogP contribution in [0.25, 0.3) is 0 Å². The molecule has 0 bridgehead atoms. The number of nitrogens with zero attached hydrogens (tertiary/aromatic N) is 2. The topological polar surface area (TPSA) is 49.6 Å². The highest BCUT2D eigenvalue weighted by Crippen LogP contribution is 2.25. The smallest absolute Gasteiger partial charge is 0.246 e. The van der Waals surface area contributed by atoms with Crippen LogP contribution in [0.15, 0.2) is 22.7 Å². The Hall–Kier alpha value is -1.07. The number of likely N-dealkylation sites (N-methyl/N-ethyl adjacent to an activating group) is 1. The van der Waals surface area contributed by atoms with E-state index in [1.54, 1.807) is 4.90 Å². The van der Waals surface area contributed by atoms with Crippen LogP contribution in [-0.2, 0) is 4.79 Å². The molecule has 1 aliphatic rings. The first-order valence-corrected chi connectivity index (χ1v) is 6.81. The zero-order valence-electron chi connectivity index (χ0n) is 10.7. The first-order chi connectivity index (χ1) is 8.54. The summed E-state index contributed by atoms with van der Waals surface area (Å²) in [4.78, 5) is 15.9. The van der Waals surface area contributed by atoms with Gasteiger partial charge in [-0.3, -0.25) is 4.79 Å². The molecule has 1 atom stereocenters. The van der Waals surface area contributed by atoms with Gasteiger partial charge in [0.15, 0.2) is 0 Å². The number of amides is 1. The molecule has 1 fully saturated rings. The van der Waals surface area contributed by atoms with E-state index in [1.165, 1.54) is 0 Å². The molecule has 1 aliphatic heterocycles. The fourth-order valence-electron chi connectivity index (χ4n) is 2.26. The molecular formula is C13H18BrN3O. The predicted molar refractivity (Wildman–Crippen MR) is 76.7 cm³/mol. The van der Waals surface area contributed by atoms with Gasteiger partial charge in [-0.1, -0.05) is 15.9 Å². The zero-order valence-corrected chi connectivity index (χ0v) is 12.3. The van der Waals surface area contributed by atoms with Gasteiger partial charge in [-0.25, -0.2) is 0 Å². The van der Waals surface area contributed by atoms with E-state index < -0.39 is 0 Å². The van der Waals surface area contributed by atoms with E-state index in [4.69, 9.17) is 5.73 Å². The fourth-order valence-corrected chi connectivity index (χ4v) is 2.50. The van der Waals surface area contributed by atoms with Gasteiger partial charge in [0.05, 0.1) is 0 Å². The van der Waals surface area contributed by atoms with Crippen molar-refractivity contribution < 1.29 is 4.79 Å². The van der Waals surface area contributed by atoms with Crippen molar-refractivity contribution in [2.24, 2.45) is 5.73 Å². The van der Waals surface area contributed by atoms with Gasteiger partial charge in [-0.05, 0) is 30.7 Å². The number of anilines is 1. The van der Waals surface area contributed by atoms with Crippen LogP contribution in [0.1, 0.15) is 5.56 Å². The minimum Gasteiger partial charge on any atom is -0.357 e. The molecule has 1 unspecified atom stereocenters. The zero-order chi connectivity index (χ0) is 13.3. The molecule has 0 radical (unpaired) electrons. The van der Waals surface area contributed by atoms with E-state index >= 15 is 0 Å². The molecule has 4 nitrogen and oxygen atoms in total. The fraction of sp³-hybridized carbons (Fsp3) is 0.462. The van der Waals surface area contributed by atoms with Crippen molar-refractivity contribution in [3.05, 3.63) is 28.2 Å². The summed E-state index contributed by atoms with van der Waals surface area (Å²) < 4.78 is 1.08. The molecule has 2 rings (SSSR count). The van der Waals surface area contributed by atoms with Crippen LogP contribution in [0.3, 0.4) is 0 Å². The summed E-state index contributed by atoms with van der Waals surface area (Å²) in [5.74, 6) is 0.101. The molecule has 2 N–H and O–H groups in total. The SMILES string of the molecule is Cc1cc(N2CCN(C)C(=O)C2CN)ccc1Br. The monoisotopic (exact) mass is 311 g/mol. The molecule has 98 valence electrons. The molecule has 1 aromatic carbocycles. The Morgan fingerprint density at radius 3 is 2.78 bits per heavy atom. The van der Waals surface area contributed by atoms with E-state index in [1.807, 2.05) is 26.1 Å². The van der Waals surface area contributed by atoms with Crippen molar-refractivity contribution in [2.75, 3.05) is 31.6 Å². The summed E-state index contributed by atoms with van der Waals surface area (Å²) in [6.45, 7) is 3.96. The first kappa shape index (κ1) is 13.4. The van der Waals surface area contributed by atoms with E-state index in [0.717, 1.165) is 28.8 Å². The summed E-state index contributed by atoms with van der Waals surface area (Å²) in [7, 11) is 1.83. The second-order valence-corrected chi connectivity index (χ2v) is 5.49. The summed E-state index contributed by atoms with van der Waals surface area (Å²) >= 11 is 3.49. The standard InChI is InChI=1S/C13H18BrN3O/c1-9-7-10(3-4-11(9)14)17-6-5-16(2)13(18)12(17)8-15/h3-4,7,12H,5-6,8,15H2,1-2H3. The lowest BCUT2D eigenvalue weighted by Gasteiger charge is -2.40. The van der Waals surface area contributed by atoms with Crippen molar-refractivity contribution in [1.82, 2.24) is 4.90 Å². The number of aryl methyl sites for hydroxylation is 1. The minimum atomic E-state index is -0.246. The van der Waals surface area contributed by atoms with Crippen molar-refractivity contribution in [3.8, 4) is 0 Å². The maximum Gasteiger partial charge on any atom is 0.246 e. The molecule has 1 saturated heterocycles. The summed E-state index contributed by atoms with van der Waals surface area (Å²) in [6, 6.07) is 5.88. The maximum absolute atomic E-state index is 12.1. The van der Waals surface area contributed by atoms with Gasteiger partial charge < -0.3 is 15.5 Å². The Labute approximate surface area is 116 Å². The van der Waals surface area contributed by atoms with Crippen LogP contribution in [-0.4, -0.2) is 43.5 Å². The molecule has 1 heterocycles. The average molecular weight is 312 g/mol. The highest BCUT2D eigenvalue weighted by molar-refractivity contribution is 9.10. The molecule has 5 heteroatoms. The van der Waals surface area contributed by atoms with Gasteiger partial charge in [0.25, 0.3) is 0 Å². The normalized spacial score (nSPS) is 20.4. The van der Waals surface area contributed by atoms with Crippen LogP contribution < -0.4 is 10.6 Å². The number of hydrogen-bond donors (Lipinski definition) is 1. The third kappa shape index (κ3) is 2.37. The van der Waals surface area contributed by atoms with Crippen LogP contribution in [0.4, 0.5) is 5.69 Å². The number of carbonyl (C=O) groups is 1. The van der Waals surface area contributed by atoms with Gasteiger partial charge in [0, 0.05) is 36.8 Å². The molecular weight excluding hydrogens is 294 g/mol. The lowest BCUT2D eigenvalue weighted by molar-refractivity contribution is -0.132. The maximum atomic E-state index is 12.1. The quantitative estimate of drug-likeness (QED) is 0.897. The van der Waals surface area contributed by atoms with Crippen LogP contribution in [0.2, 0.25) is 0 Å². The van der Waals surface area contributed by atoms with Crippen LogP contribution in [0.5, 0.6) is 0 Å². The molecule has 18 heavy (non-hydrogen) atoms. The number of benzene rings is 1. The van der Waals surface area contributed by atoms with Crippen molar-refractivity contribution in [2.45, 2.75) is 13.0 Å². The van der Waals surface area contributed by atoms with E-state index in [0.29, 0.717) is 6.54 Å². The molecule has 0 aliphatic carbocycles. The minimum absolute atomic E-state index is 0.101. The van der Waals surface area contributed by atoms with E-state index in [-0.39, 0.29) is 11.9 Å². The molecule has 0 saturated carbocycles. The number of halogens is 1. The largest absolute Gasteiger partial charge is 0.357 e. The highest BCUT2D eigenvalue weighted by atomic mass is 79.9. The number of rotatable bonds is 2. The molecule has 0 aromatic heterocycles. The highest BCUT2D eigenvalue weighted by Gasteiger charge is 2.32. The number of carbonyl (C=O) groups excluding carboxylic acids is 1. The molecule has 1 aromatic rings. The lowest BCUT2D eigenvalue weighted by Crippen LogP contribution is -2.58. The predicted octanol–water partition coefficient (Wildman–Crippen LogP) is 1.36. The lowest BCUT2D eigenvalue weighted by atomic mass is 10.1. The summed E-state index contributed by atoms with van der Waals surface area (Å²) in [5, 5.41) is 0. The Bertz CT molecular complexity index is 464. The van der Waals surface area contributed by atoms with Gasteiger partial charge in [-0.2, -0.15) is 0 Å². The van der Waals surface area contributed by atoms with Gasteiger partial charge in [0.1, 0.15) is 6.04 Å². The van der Waals surface area contributed by atoms with Gasteiger partial charge in [0.2, 0.25) is 5.91 Å². The van der Waals surface area contributed by atoms with E-state index in [2.05, 4.69) is 26.9 Å². The first-order valence-electron chi connectivity index (χ1n) is 6.02. The number of hydrogen-bond acceptors (Lipinski definition) is 3. The molecule has 0 spiro atoms. The van der Waals surface area contributed by atoms with Crippen LogP contribution >= 0.6 is 15.9 Å². The number of nitrogens with two attached hydrogens (primary N) is 1. The molecule has 1 amide bonds. The average Bonchev–Trinajstić information content (AvgIpc) is 2.36. The van der Waals surface area contributed by atoms with E-state index in [9.17, 15) is 4.79 Å².